The van der Waals surface area contributed by atoms with E-state index in [-0.39, 0.29) is 11.8 Å². The minimum absolute atomic E-state index is 0.00561. The molecule has 0 spiro atoms. The van der Waals surface area contributed by atoms with E-state index in [4.69, 9.17) is 9.52 Å². The summed E-state index contributed by atoms with van der Waals surface area (Å²) in [6.07, 6.45) is 1.39. The van der Waals surface area contributed by atoms with Crippen LogP contribution in [-0.4, -0.2) is 11.1 Å². The van der Waals surface area contributed by atoms with Crippen molar-refractivity contribution >= 4 is 21.9 Å². The van der Waals surface area contributed by atoms with Gasteiger partial charge in [0.25, 0.3) is 0 Å². The van der Waals surface area contributed by atoms with Gasteiger partial charge >= 0.3 is 5.97 Å². The first-order chi connectivity index (χ1) is 9.08. The van der Waals surface area contributed by atoms with Gasteiger partial charge in [-0.2, -0.15) is 0 Å². The average molecular weight is 324 g/mol. The highest BCUT2D eigenvalue weighted by Gasteiger charge is 2.14. The third-order valence-corrected chi connectivity index (χ3v) is 3.38. The number of aromatic carboxylic acids is 1. The van der Waals surface area contributed by atoms with Crippen LogP contribution in [0.25, 0.3) is 0 Å². The molecule has 5 heteroatoms. The Bertz CT molecular complexity index is 580. The fourth-order valence-electron chi connectivity index (χ4n) is 1.82. The van der Waals surface area contributed by atoms with E-state index in [1.807, 2.05) is 31.2 Å². The summed E-state index contributed by atoms with van der Waals surface area (Å²) in [7, 11) is 0. The van der Waals surface area contributed by atoms with Crippen molar-refractivity contribution in [2.45, 2.75) is 19.5 Å². The van der Waals surface area contributed by atoms with E-state index in [1.54, 1.807) is 6.07 Å². The topological polar surface area (TPSA) is 62.5 Å². The third-order valence-electron chi connectivity index (χ3n) is 2.89. The summed E-state index contributed by atoms with van der Waals surface area (Å²) in [5.74, 6) is -1.05. The highest BCUT2D eigenvalue weighted by molar-refractivity contribution is 9.10. The van der Waals surface area contributed by atoms with Gasteiger partial charge in [0.15, 0.2) is 0 Å². The summed E-state index contributed by atoms with van der Waals surface area (Å²) < 4.78 is 5.96. The molecule has 0 saturated carbocycles. The van der Waals surface area contributed by atoms with E-state index in [1.165, 1.54) is 6.26 Å². The molecular formula is C14H14BrNO3. The molecule has 0 saturated heterocycles. The number of benzene rings is 1. The lowest BCUT2D eigenvalue weighted by atomic mass is 10.1. The van der Waals surface area contributed by atoms with Gasteiger partial charge in [0.2, 0.25) is 5.76 Å². The van der Waals surface area contributed by atoms with Crippen molar-refractivity contribution in [1.82, 2.24) is 5.32 Å². The van der Waals surface area contributed by atoms with Crippen LogP contribution < -0.4 is 5.32 Å². The molecule has 0 aliphatic carbocycles. The van der Waals surface area contributed by atoms with E-state index in [9.17, 15) is 4.79 Å². The Labute approximate surface area is 119 Å². The van der Waals surface area contributed by atoms with Crippen LogP contribution in [-0.2, 0) is 6.54 Å². The largest absolute Gasteiger partial charge is 0.475 e. The fraction of sp³-hybridized carbons (Fsp3) is 0.214. The molecule has 1 aromatic carbocycles. The molecule has 0 bridgehead atoms. The highest BCUT2D eigenvalue weighted by atomic mass is 79.9. The van der Waals surface area contributed by atoms with E-state index in [2.05, 4.69) is 21.2 Å². The number of rotatable bonds is 5. The Morgan fingerprint density at radius 1 is 1.47 bits per heavy atom. The Hall–Kier alpha value is -1.59. The zero-order chi connectivity index (χ0) is 13.8. The van der Waals surface area contributed by atoms with Crippen molar-refractivity contribution in [3.05, 3.63) is 58.0 Å². The molecule has 2 N–H and O–H groups in total. The predicted molar refractivity (Wildman–Crippen MR) is 75.1 cm³/mol. The van der Waals surface area contributed by atoms with Crippen LogP contribution in [0.3, 0.4) is 0 Å². The van der Waals surface area contributed by atoms with Gasteiger partial charge in [0.1, 0.15) is 0 Å². The first-order valence-corrected chi connectivity index (χ1v) is 6.65. The fourth-order valence-corrected chi connectivity index (χ4v) is 2.24. The Balaban J connectivity index is 2.02. The van der Waals surface area contributed by atoms with Crippen LogP contribution in [0, 0.1) is 0 Å². The van der Waals surface area contributed by atoms with Crippen molar-refractivity contribution < 1.29 is 14.3 Å². The van der Waals surface area contributed by atoms with Gasteiger partial charge in [-0.05, 0) is 30.7 Å². The lowest BCUT2D eigenvalue weighted by molar-refractivity contribution is 0.0660. The molecule has 0 amide bonds. The molecular weight excluding hydrogens is 310 g/mol. The molecule has 1 atom stereocenters. The number of carboxylic acids is 1. The highest BCUT2D eigenvalue weighted by Crippen LogP contribution is 2.19. The number of carboxylic acid groups (broad SMARTS) is 1. The molecule has 0 unspecified atom stereocenters. The predicted octanol–water partition coefficient (Wildman–Crippen LogP) is 3.59. The first-order valence-electron chi connectivity index (χ1n) is 5.86. The van der Waals surface area contributed by atoms with Gasteiger partial charge in [-0.25, -0.2) is 4.79 Å². The molecule has 100 valence electrons. The third kappa shape index (κ3) is 3.45. The number of carbonyl (C=O) groups is 1. The standard InChI is InChI=1S/C14H14BrNO3/c1-9(10-3-2-4-12(15)7-10)16-8-11-5-6-19-13(11)14(17)18/h2-7,9,16H,8H2,1H3,(H,17,18)/t9-/m0/s1. The minimum Gasteiger partial charge on any atom is -0.475 e. The summed E-state index contributed by atoms with van der Waals surface area (Å²) >= 11 is 3.43. The molecule has 0 radical (unpaired) electrons. The molecule has 0 aliphatic heterocycles. The quantitative estimate of drug-likeness (QED) is 0.882. The summed E-state index contributed by atoms with van der Waals surface area (Å²) in [5.41, 5.74) is 1.78. The number of hydrogen-bond acceptors (Lipinski definition) is 3. The maximum Gasteiger partial charge on any atom is 0.372 e. The Morgan fingerprint density at radius 3 is 2.95 bits per heavy atom. The van der Waals surface area contributed by atoms with Crippen molar-refractivity contribution in [2.75, 3.05) is 0 Å². The van der Waals surface area contributed by atoms with Crippen molar-refractivity contribution in [2.24, 2.45) is 0 Å². The molecule has 1 aromatic heterocycles. The summed E-state index contributed by atoms with van der Waals surface area (Å²) in [5, 5.41) is 12.2. The van der Waals surface area contributed by atoms with Crippen molar-refractivity contribution in [1.29, 1.82) is 0 Å². The molecule has 4 nitrogen and oxygen atoms in total. The second-order valence-corrected chi connectivity index (χ2v) is 5.15. The average Bonchev–Trinajstić information content (AvgIpc) is 2.84. The molecule has 2 aromatic rings. The van der Waals surface area contributed by atoms with Crippen molar-refractivity contribution in [3.8, 4) is 0 Å². The van der Waals surface area contributed by atoms with Crippen LogP contribution >= 0.6 is 15.9 Å². The molecule has 19 heavy (non-hydrogen) atoms. The van der Waals surface area contributed by atoms with Crippen LogP contribution in [0.15, 0.2) is 45.5 Å². The van der Waals surface area contributed by atoms with Crippen LogP contribution in [0.4, 0.5) is 0 Å². The van der Waals surface area contributed by atoms with E-state index in [0.717, 1.165) is 10.0 Å². The van der Waals surface area contributed by atoms with Gasteiger partial charge in [0, 0.05) is 22.6 Å². The van der Waals surface area contributed by atoms with Gasteiger partial charge in [-0.1, -0.05) is 28.1 Å². The monoisotopic (exact) mass is 323 g/mol. The van der Waals surface area contributed by atoms with Gasteiger partial charge < -0.3 is 14.8 Å². The first kappa shape index (κ1) is 13.8. The van der Waals surface area contributed by atoms with Gasteiger partial charge in [-0.15, -0.1) is 0 Å². The smallest absolute Gasteiger partial charge is 0.372 e. The zero-order valence-corrected chi connectivity index (χ0v) is 12.0. The van der Waals surface area contributed by atoms with Gasteiger partial charge in [-0.3, -0.25) is 0 Å². The molecule has 2 rings (SSSR count). The molecule has 1 heterocycles. The maximum atomic E-state index is 10.9. The van der Waals surface area contributed by atoms with E-state index < -0.39 is 5.97 Å². The van der Waals surface area contributed by atoms with E-state index in [0.29, 0.717) is 12.1 Å². The summed E-state index contributed by atoms with van der Waals surface area (Å²) in [6.45, 7) is 2.48. The van der Waals surface area contributed by atoms with Crippen LogP contribution in [0.1, 0.15) is 34.6 Å². The summed E-state index contributed by atoms with van der Waals surface area (Å²) in [4.78, 5) is 10.9. The Morgan fingerprint density at radius 2 is 2.26 bits per heavy atom. The number of furan rings is 1. The van der Waals surface area contributed by atoms with Gasteiger partial charge in [0.05, 0.1) is 6.26 Å². The SMILES string of the molecule is C[C@H](NCc1ccoc1C(=O)O)c1cccc(Br)c1. The maximum absolute atomic E-state index is 10.9. The van der Waals surface area contributed by atoms with Crippen LogP contribution in [0.2, 0.25) is 0 Å². The zero-order valence-electron chi connectivity index (χ0n) is 10.4. The second-order valence-electron chi connectivity index (χ2n) is 4.24. The van der Waals surface area contributed by atoms with E-state index >= 15 is 0 Å². The second kappa shape index (κ2) is 6.04. The molecule has 0 aliphatic rings. The van der Waals surface area contributed by atoms with Crippen molar-refractivity contribution in [3.63, 3.8) is 0 Å². The number of nitrogens with one attached hydrogen (secondary N) is 1. The number of hydrogen-bond donors (Lipinski definition) is 2. The molecule has 0 fully saturated rings. The lowest BCUT2D eigenvalue weighted by Crippen LogP contribution is -2.19. The lowest BCUT2D eigenvalue weighted by Gasteiger charge is -2.14. The normalized spacial score (nSPS) is 12.3. The summed E-state index contributed by atoms with van der Waals surface area (Å²) in [6, 6.07) is 9.78. The minimum atomic E-state index is -1.04. The Kier molecular flexibility index (Phi) is 4.39. The number of halogens is 1. The van der Waals surface area contributed by atoms with Crippen LogP contribution in [0.5, 0.6) is 0 Å².